The third kappa shape index (κ3) is 1.93. The number of thiazole rings is 1. The maximum Gasteiger partial charge on any atom is 0.138 e. The molecule has 1 N–H and O–H groups in total. The summed E-state index contributed by atoms with van der Waals surface area (Å²) in [5.41, 5.74) is 10.4. The Bertz CT molecular complexity index is 224. The van der Waals surface area contributed by atoms with E-state index in [1.165, 1.54) is 11.3 Å². The van der Waals surface area contributed by atoms with Gasteiger partial charge >= 0.3 is 0 Å². The van der Waals surface area contributed by atoms with Gasteiger partial charge < -0.3 is 0 Å². The van der Waals surface area contributed by atoms with Gasteiger partial charge in [-0.1, -0.05) is 0 Å². The Morgan fingerprint density at radius 3 is 3.40 bits per heavy atom. The predicted molar refractivity (Wildman–Crippen MR) is 38.1 cm³/mol. The molecule has 0 saturated carbocycles. The molecule has 10 heavy (non-hydrogen) atoms. The average molecular weight is 155 g/mol. The fraction of sp³-hybridized carbons (Fsp3) is 0.250. The van der Waals surface area contributed by atoms with Crippen LogP contribution in [0.15, 0.2) is 16.8 Å². The molecule has 0 amide bonds. The predicted octanol–water partition coefficient (Wildman–Crippen LogP) is 1.46. The van der Waals surface area contributed by atoms with Crippen LogP contribution in [-0.4, -0.2) is 4.98 Å². The summed E-state index contributed by atoms with van der Waals surface area (Å²) < 4.78 is 0. The zero-order valence-electron chi connectivity index (χ0n) is 5.06. The molecule has 0 aliphatic rings. The molecule has 5 nitrogen and oxygen atoms in total. The van der Waals surface area contributed by atoms with Crippen LogP contribution in [0, 0.1) is 0 Å². The Hall–Kier alpha value is -1.26. The molecule has 0 fully saturated rings. The highest BCUT2D eigenvalue weighted by atomic mass is 32.1. The van der Waals surface area contributed by atoms with E-state index in [0.29, 0.717) is 6.54 Å². The highest BCUT2D eigenvalue weighted by molar-refractivity contribution is 7.09. The summed E-state index contributed by atoms with van der Waals surface area (Å²) in [6.07, 6.45) is 1.71. The van der Waals surface area contributed by atoms with Gasteiger partial charge in [0.05, 0.1) is 0 Å². The van der Waals surface area contributed by atoms with Gasteiger partial charge in [-0.05, 0) is 5.22 Å². The number of nitrogens with one attached hydrogen (secondary N) is 1. The van der Waals surface area contributed by atoms with Crippen LogP contribution in [0.2, 0.25) is 0 Å². The molecule has 1 heterocycles. The quantitative estimate of drug-likeness (QED) is 0.310. The van der Waals surface area contributed by atoms with Gasteiger partial charge in [0.1, 0.15) is 11.6 Å². The molecule has 0 bridgehead atoms. The Morgan fingerprint density at radius 2 is 2.80 bits per heavy atom. The van der Waals surface area contributed by atoms with E-state index in [1.54, 1.807) is 6.20 Å². The van der Waals surface area contributed by atoms with E-state index in [9.17, 15) is 0 Å². The van der Waals surface area contributed by atoms with Gasteiger partial charge in [-0.15, -0.1) is 16.9 Å². The summed E-state index contributed by atoms with van der Waals surface area (Å²) in [6, 6.07) is 0. The van der Waals surface area contributed by atoms with E-state index in [1.807, 2.05) is 5.38 Å². The molecule has 0 spiro atoms. The average Bonchev–Trinajstić information content (AvgIpc) is 2.41. The van der Waals surface area contributed by atoms with Crippen LogP contribution in [0.3, 0.4) is 0 Å². The van der Waals surface area contributed by atoms with Crippen molar-refractivity contribution in [2.24, 2.45) is 5.22 Å². The topological polar surface area (TPSA) is 73.7 Å². The molecule has 0 aromatic carbocycles. The molecule has 6 heteroatoms. The van der Waals surface area contributed by atoms with E-state index in [4.69, 9.17) is 5.53 Å². The first-order chi connectivity index (χ1) is 4.93. The zero-order valence-corrected chi connectivity index (χ0v) is 5.88. The summed E-state index contributed by atoms with van der Waals surface area (Å²) in [6.45, 7) is 0.502. The number of rotatable bonds is 3. The van der Waals surface area contributed by atoms with Crippen molar-refractivity contribution in [2.45, 2.75) is 6.54 Å². The van der Waals surface area contributed by atoms with Crippen molar-refractivity contribution in [2.75, 3.05) is 0 Å². The number of nitrogens with zero attached hydrogens (tertiary/aromatic N) is 4. The minimum atomic E-state index is 0.502. The summed E-state index contributed by atoms with van der Waals surface area (Å²) in [5, 5.41) is 5.92. The third-order valence-corrected chi connectivity index (χ3v) is 1.61. The molecule has 1 rings (SSSR count). The monoisotopic (exact) mass is 155 g/mol. The second kappa shape index (κ2) is 3.71. The molecule has 0 unspecified atom stereocenters. The van der Waals surface area contributed by atoms with E-state index in [2.05, 4.69) is 20.5 Å². The maximum absolute atomic E-state index is 7.87. The molecule has 0 radical (unpaired) electrons. The lowest BCUT2D eigenvalue weighted by Gasteiger charge is -1.86. The Kier molecular flexibility index (Phi) is 2.54. The highest BCUT2D eigenvalue weighted by Crippen LogP contribution is 2.01. The first-order valence-corrected chi connectivity index (χ1v) is 3.47. The molecule has 0 saturated heterocycles. The number of hydrogen-bond acceptors (Lipinski definition) is 3. The maximum atomic E-state index is 7.87. The van der Waals surface area contributed by atoms with Gasteiger partial charge in [0, 0.05) is 11.6 Å². The minimum absolute atomic E-state index is 0.502. The van der Waals surface area contributed by atoms with Crippen molar-refractivity contribution in [1.82, 2.24) is 10.4 Å². The lowest BCUT2D eigenvalue weighted by molar-refractivity contribution is 0.729. The fourth-order valence-corrected chi connectivity index (χ4v) is 1.02. The van der Waals surface area contributed by atoms with Crippen LogP contribution in [0.25, 0.3) is 10.4 Å². The highest BCUT2D eigenvalue weighted by Gasteiger charge is 1.92. The van der Waals surface area contributed by atoms with Crippen LogP contribution in [-0.2, 0) is 6.54 Å². The molecule has 0 atom stereocenters. The fourth-order valence-electron chi connectivity index (χ4n) is 0.475. The SMILES string of the molecule is [N-]=[N+]=NNCc1nccs1. The largest absolute Gasteiger partial charge is 0.254 e. The number of azide groups is 1. The van der Waals surface area contributed by atoms with Gasteiger partial charge in [-0.25, -0.2) is 4.98 Å². The smallest absolute Gasteiger partial charge is 0.138 e. The lowest BCUT2D eigenvalue weighted by atomic mass is 10.7. The Balaban J connectivity index is 2.34. The van der Waals surface area contributed by atoms with Crippen molar-refractivity contribution in [3.05, 3.63) is 27.0 Å². The van der Waals surface area contributed by atoms with Crippen molar-refractivity contribution in [1.29, 1.82) is 0 Å². The van der Waals surface area contributed by atoms with Crippen LogP contribution >= 0.6 is 11.3 Å². The minimum Gasteiger partial charge on any atom is -0.254 e. The molecule has 0 aliphatic heterocycles. The molecular weight excluding hydrogens is 150 g/mol. The summed E-state index contributed by atoms with van der Waals surface area (Å²) >= 11 is 1.52. The summed E-state index contributed by atoms with van der Waals surface area (Å²) in [5.74, 6) is 0. The molecular formula is C4H5N5S. The van der Waals surface area contributed by atoms with Crippen molar-refractivity contribution in [3.8, 4) is 0 Å². The molecule has 1 aromatic heterocycles. The third-order valence-electron chi connectivity index (χ3n) is 0.829. The van der Waals surface area contributed by atoms with E-state index in [0.717, 1.165) is 5.01 Å². The van der Waals surface area contributed by atoms with Gasteiger partial charge in [0.2, 0.25) is 0 Å². The molecule has 1 aromatic rings. The second-order valence-electron chi connectivity index (χ2n) is 1.45. The zero-order chi connectivity index (χ0) is 7.23. The van der Waals surface area contributed by atoms with Gasteiger partial charge in [0.15, 0.2) is 0 Å². The van der Waals surface area contributed by atoms with E-state index < -0.39 is 0 Å². The standard InChI is InChI=1S/C4H5N5S/c5-8-9-7-3-4-6-1-2-10-4/h1-2,7H,3H2. The van der Waals surface area contributed by atoms with Gasteiger partial charge in [-0.2, -0.15) is 4.91 Å². The lowest BCUT2D eigenvalue weighted by Crippen LogP contribution is -2.01. The van der Waals surface area contributed by atoms with E-state index >= 15 is 0 Å². The number of hydrogen-bond donors (Lipinski definition) is 1. The Labute approximate surface area is 61.3 Å². The van der Waals surface area contributed by atoms with Crippen LogP contribution in [0.5, 0.6) is 0 Å². The van der Waals surface area contributed by atoms with Gasteiger partial charge in [-0.3, -0.25) is 5.43 Å². The Morgan fingerprint density at radius 1 is 1.90 bits per heavy atom. The van der Waals surface area contributed by atoms with Gasteiger partial charge in [0.25, 0.3) is 0 Å². The van der Waals surface area contributed by atoms with Crippen molar-refractivity contribution in [3.63, 3.8) is 0 Å². The van der Waals surface area contributed by atoms with E-state index in [-0.39, 0.29) is 0 Å². The number of aromatic nitrogens is 1. The van der Waals surface area contributed by atoms with Crippen LogP contribution in [0.4, 0.5) is 0 Å². The first-order valence-electron chi connectivity index (χ1n) is 2.59. The summed E-state index contributed by atoms with van der Waals surface area (Å²) in [4.78, 5) is 6.49. The molecule has 52 valence electrons. The van der Waals surface area contributed by atoms with Crippen LogP contribution in [0.1, 0.15) is 5.01 Å². The second-order valence-corrected chi connectivity index (χ2v) is 2.43. The normalized spacial score (nSPS) is 8.40. The summed E-state index contributed by atoms with van der Waals surface area (Å²) in [7, 11) is 0. The van der Waals surface area contributed by atoms with Crippen molar-refractivity contribution < 1.29 is 0 Å². The first kappa shape index (κ1) is 6.85. The molecule has 0 aliphatic carbocycles. The van der Waals surface area contributed by atoms with Crippen LogP contribution < -0.4 is 5.43 Å². The van der Waals surface area contributed by atoms with Crippen molar-refractivity contribution >= 4 is 11.3 Å².